The molecule has 0 aromatic rings. The highest BCUT2D eigenvalue weighted by Gasteiger charge is 2.32. The molecule has 18 heavy (non-hydrogen) atoms. The number of nitrogens with zero attached hydrogens (tertiary/aromatic N) is 1. The van der Waals surface area contributed by atoms with Crippen molar-refractivity contribution in [2.75, 3.05) is 31.9 Å². The second kappa shape index (κ2) is 6.35. The number of hydrogen-bond donors (Lipinski definition) is 1. The molecule has 0 bridgehead atoms. The Labute approximate surface area is 111 Å². The molecule has 0 aromatic carbocycles. The summed E-state index contributed by atoms with van der Waals surface area (Å²) in [5, 5.41) is 3.37. The molecule has 1 heterocycles. The molecule has 5 heteroatoms. The van der Waals surface area contributed by atoms with Crippen molar-refractivity contribution in [3.63, 3.8) is 0 Å². The van der Waals surface area contributed by atoms with Gasteiger partial charge in [-0.15, -0.1) is 0 Å². The highest BCUT2D eigenvalue weighted by Crippen LogP contribution is 2.31. The van der Waals surface area contributed by atoms with E-state index in [9.17, 15) is 8.42 Å². The van der Waals surface area contributed by atoms with Gasteiger partial charge in [0.15, 0.2) is 0 Å². The summed E-state index contributed by atoms with van der Waals surface area (Å²) in [6.07, 6.45) is 5.44. The summed E-state index contributed by atoms with van der Waals surface area (Å²) >= 11 is 0. The Bertz CT molecular complexity index is 346. The van der Waals surface area contributed by atoms with E-state index in [1.165, 1.54) is 6.42 Å². The summed E-state index contributed by atoms with van der Waals surface area (Å²) in [4.78, 5) is 0. The van der Waals surface area contributed by atoms with Crippen molar-refractivity contribution in [2.24, 2.45) is 11.8 Å². The lowest BCUT2D eigenvalue weighted by Gasteiger charge is -2.29. The van der Waals surface area contributed by atoms with Gasteiger partial charge in [-0.25, -0.2) is 12.7 Å². The third-order valence-electron chi connectivity index (χ3n) is 3.87. The average Bonchev–Trinajstić information content (AvgIpc) is 3.13. The van der Waals surface area contributed by atoms with Crippen molar-refractivity contribution in [3.05, 3.63) is 0 Å². The molecule has 1 saturated carbocycles. The van der Waals surface area contributed by atoms with Gasteiger partial charge in [-0.2, -0.15) is 0 Å². The Kier molecular flexibility index (Phi) is 5.04. The Morgan fingerprint density at radius 3 is 2.56 bits per heavy atom. The maximum Gasteiger partial charge on any atom is 0.214 e. The molecular formula is C13H26N2O2S. The quantitative estimate of drug-likeness (QED) is 0.764. The van der Waals surface area contributed by atoms with Crippen LogP contribution in [0.15, 0.2) is 0 Å². The smallest absolute Gasteiger partial charge is 0.214 e. The lowest BCUT2D eigenvalue weighted by atomic mass is 10.00. The normalized spacial score (nSPS) is 25.6. The van der Waals surface area contributed by atoms with E-state index in [1.807, 2.05) is 0 Å². The fourth-order valence-electron chi connectivity index (χ4n) is 2.65. The molecule has 2 aliphatic rings. The van der Waals surface area contributed by atoms with E-state index in [0.29, 0.717) is 24.1 Å². The van der Waals surface area contributed by atoms with E-state index in [4.69, 9.17) is 0 Å². The van der Waals surface area contributed by atoms with Gasteiger partial charge in [0, 0.05) is 13.1 Å². The van der Waals surface area contributed by atoms with Gasteiger partial charge in [-0.1, -0.05) is 6.92 Å². The first-order valence-corrected chi connectivity index (χ1v) is 8.91. The molecule has 0 radical (unpaired) electrons. The lowest BCUT2D eigenvalue weighted by Crippen LogP contribution is -2.42. The van der Waals surface area contributed by atoms with Gasteiger partial charge in [0.2, 0.25) is 10.0 Å². The Morgan fingerprint density at radius 1 is 1.22 bits per heavy atom. The molecule has 0 spiro atoms. The molecule has 0 amide bonds. The van der Waals surface area contributed by atoms with E-state index in [2.05, 4.69) is 12.2 Å². The van der Waals surface area contributed by atoms with Crippen LogP contribution in [-0.2, 0) is 10.0 Å². The van der Waals surface area contributed by atoms with E-state index < -0.39 is 10.0 Å². The fourth-order valence-corrected chi connectivity index (χ4v) is 4.69. The first-order chi connectivity index (χ1) is 8.62. The number of hydrogen-bond acceptors (Lipinski definition) is 3. The Morgan fingerprint density at radius 2 is 2.00 bits per heavy atom. The lowest BCUT2D eigenvalue weighted by molar-refractivity contribution is 0.291. The third-order valence-corrected chi connectivity index (χ3v) is 5.88. The van der Waals surface area contributed by atoms with Crippen LogP contribution in [0.4, 0.5) is 0 Å². The summed E-state index contributed by atoms with van der Waals surface area (Å²) in [5.41, 5.74) is 0. The number of sulfonamides is 1. The minimum absolute atomic E-state index is 0.382. The molecule has 1 atom stereocenters. The number of piperidine rings is 1. The molecule has 1 unspecified atom stereocenters. The van der Waals surface area contributed by atoms with Crippen molar-refractivity contribution >= 4 is 10.0 Å². The summed E-state index contributed by atoms with van der Waals surface area (Å²) < 4.78 is 26.5. The van der Waals surface area contributed by atoms with E-state index in [1.54, 1.807) is 4.31 Å². The molecule has 1 aliphatic heterocycles. The Balaban J connectivity index is 1.92. The van der Waals surface area contributed by atoms with Gasteiger partial charge >= 0.3 is 0 Å². The second-order valence-electron chi connectivity index (χ2n) is 5.79. The SMILES string of the molecule is CCCN(CC1CCCNC1)S(=O)(=O)CC1CC1. The first kappa shape index (κ1) is 14.3. The standard InChI is InChI=1S/C13H26N2O2S/c1-2-8-15(10-13-4-3-7-14-9-13)18(16,17)11-12-5-6-12/h12-14H,2-11H2,1H3. The first-order valence-electron chi connectivity index (χ1n) is 7.30. The summed E-state index contributed by atoms with van der Waals surface area (Å²) in [6.45, 7) is 5.51. The number of nitrogens with one attached hydrogen (secondary N) is 1. The molecule has 0 aromatic heterocycles. The van der Waals surface area contributed by atoms with Crippen molar-refractivity contribution in [1.82, 2.24) is 9.62 Å². The second-order valence-corrected chi connectivity index (χ2v) is 7.81. The highest BCUT2D eigenvalue weighted by atomic mass is 32.2. The molecule has 1 N–H and O–H groups in total. The zero-order chi connectivity index (χ0) is 13.0. The highest BCUT2D eigenvalue weighted by molar-refractivity contribution is 7.89. The molecule has 1 saturated heterocycles. The van der Waals surface area contributed by atoms with Gasteiger partial charge < -0.3 is 5.32 Å². The van der Waals surface area contributed by atoms with Crippen molar-refractivity contribution in [1.29, 1.82) is 0 Å². The zero-order valence-corrected chi connectivity index (χ0v) is 12.2. The minimum Gasteiger partial charge on any atom is -0.316 e. The van der Waals surface area contributed by atoms with Crippen LogP contribution in [-0.4, -0.2) is 44.7 Å². The van der Waals surface area contributed by atoms with Crippen LogP contribution >= 0.6 is 0 Å². The molecular weight excluding hydrogens is 248 g/mol. The van der Waals surface area contributed by atoms with Crippen molar-refractivity contribution in [3.8, 4) is 0 Å². The van der Waals surface area contributed by atoms with Crippen LogP contribution in [0.25, 0.3) is 0 Å². The van der Waals surface area contributed by atoms with Crippen LogP contribution in [0.1, 0.15) is 39.0 Å². The summed E-state index contributed by atoms with van der Waals surface area (Å²) in [7, 11) is -3.02. The largest absolute Gasteiger partial charge is 0.316 e. The van der Waals surface area contributed by atoms with E-state index in [-0.39, 0.29) is 0 Å². The molecule has 2 rings (SSSR count). The molecule has 4 nitrogen and oxygen atoms in total. The maximum absolute atomic E-state index is 12.4. The average molecular weight is 274 g/mol. The van der Waals surface area contributed by atoms with Crippen molar-refractivity contribution in [2.45, 2.75) is 39.0 Å². The van der Waals surface area contributed by atoms with Crippen LogP contribution in [0, 0.1) is 11.8 Å². The van der Waals surface area contributed by atoms with Crippen molar-refractivity contribution < 1.29 is 8.42 Å². The van der Waals surface area contributed by atoms with Gasteiger partial charge in [0.1, 0.15) is 0 Å². The van der Waals surface area contributed by atoms with E-state index in [0.717, 1.165) is 45.3 Å². The topological polar surface area (TPSA) is 49.4 Å². The predicted octanol–water partition coefficient (Wildman–Crippen LogP) is 1.44. The third kappa shape index (κ3) is 4.21. The van der Waals surface area contributed by atoms with Gasteiger partial charge in [-0.3, -0.25) is 0 Å². The van der Waals surface area contributed by atoms with Crippen LogP contribution < -0.4 is 5.32 Å². The fraction of sp³-hybridized carbons (Fsp3) is 1.00. The van der Waals surface area contributed by atoms with Gasteiger partial charge in [0.25, 0.3) is 0 Å². The predicted molar refractivity (Wildman–Crippen MR) is 74.0 cm³/mol. The van der Waals surface area contributed by atoms with Gasteiger partial charge in [0.05, 0.1) is 5.75 Å². The summed E-state index contributed by atoms with van der Waals surface area (Å²) in [5.74, 6) is 1.32. The van der Waals surface area contributed by atoms with Crippen LogP contribution in [0.5, 0.6) is 0 Å². The van der Waals surface area contributed by atoms with Gasteiger partial charge in [-0.05, 0) is 57.0 Å². The molecule has 2 fully saturated rings. The minimum atomic E-state index is -3.02. The van der Waals surface area contributed by atoms with E-state index >= 15 is 0 Å². The maximum atomic E-state index is 12.4. The van der Waals surface area contributed by atoms with Crippen LogP contribution in [0.3, 0.4) is 0 Å². The molecule has 106 valence electrons. The monoisotopic (exact) mass is 274 g/mol. The summed E-state index contributed by atoms with van der Waals surface area (Å²) in [6, 6.07) is 0. The van der Waals surface area contributed by atoms with Crippen LogP contribution in [0.2, 0.25) is 0 Å². The number of rotatable bonds is 7. The Hall–Kier alpha value is -0.130. The molecule has 1 aliphatic carbocycles. The zero-order valence-electron chi connectivity index (χ0n) is 11.4.